The average Bonchev–Trinajstić information content (AvgIpc) is 4.00. The standard InChI is InChI=1S/C63H64N4/c1-5-7-9-11-13-17-39-63(40-18-14-12-10-8-6-2)56-20-16-15-19-54(56)55-41-51(33-38-57(55)63)60-61(50-31-27-48(44-65)28-32-50)67(53-36-23-46(4)24-37-53)59-42-58(49-29-25-47(43-64)26-30-49)66(62(59)60)52-34-21-45(3)22-35-52/h15-16,19-38,41-42H,5-14,17-18,39-40H2,1-4H3. The quantitative estimate of drug-likeness (QED) is 0.0760. The zero-order valence-electron chi connectivity index (χ0n) is 40.0. The number of nitriles is 2. The van der Waals surface area contributed by atoms with E-state index < -0.39 is 0 Å². The summed E-state index contributed by atoms with van der Waals surface area (Å²) in [6.45, 7) is 8.89. The maximum Gasteiger partial charge on any atom is 0.0991 e. The molecule has 8 aromatic rings. The van der Waals surface area contributed by atoms with Crippen molar-refractivity contribution in [1.29, 1.82) is 10.5 Å². The van der Waals surface area contributed by atoms with Gasteiger partial charge in [-0.15, -0.1) is 0 Å². The Morgan fingerprint density at radius 1 is 0.463 bits per heavy atom. The highest BCUT2D eigenvalue weighted by Gasteiger charge is 2.42. The van der Waals surface area contributed by atoms with Crippen LogP contribution in [0.2, 0.25) is 0 Å². The highest BCUT2D eigenvalue weighted by molar-refractivity contribution is 6.08. The van der Waals surface area contributed by atoms with Gasteiger partial charge < -0.3 is 9.13 Å². The maximum absolute atomic E-state index is 9.97. The number of aromatic nitrogens is 2. The van der Waals surface area contributed by atoms with E-state index >= 15 is 0 Å². The number of hydrogen-bond acceptors (Lipinski definition) is 2. The van der Waals surface area contributed by atoms with Gasteiger partial charge in [-0.2, -0.15) is 10.5 Å². The van der Waals surface area contributed by atoms with Crippen LogP contribution in [0.1, 0.15) is 137 Å². The van der Waals surface area contributed by atoms with E-state index in [1.807, 2.05) is 24.3 Å². The van der Waals surface area contributed by atoms with Crippen LogP contribution in [0.5, 0.6) is 0 Å². The fourth-order valence-electron chi connectivity index (χ4n) is 11.1. The molecule has 4 heteroatoms. The van der Waals surface area contributed by atoms with Gasteiger partial charge in [0.05, 0.1) is 45.7 Å². The van der Waals surface area contributed by atoms with Crippen LogP contribution in [0.25, 0.3) is 67.2 Å². The molecule has 6 aromatic carbocycles. The summed E-state index contributed by atoms with van der Waals surface area (Å²) in [5.41, 5.74) is 20.2. The zero-order valence-corrected chi connectivity index (χ0v) is 40.0. The monoisotopic (exact) mass is 877 g/mol. The first-order valence-corrected chi connectivity index (χ1v) is 25.1. The highest BCUT2D eigenvalue weighted by Crippen LogP contribution is 2.56. The lowest BCUT2D eigenvalue weighted by Gasteiger charge is -2.33. The second-order valence-electron chi connectivity index (χ2n) is 19.1. The van der Waals surface area contributed by atoms with Gasteiger partial charge in [-0.05, 0) is 126 Å². The van der Waals surface area contributed by atoms with E-state index in [1.165, 1.54) is 123 Å². The number of rotatable bonds is 19. The van der Waals surface area contributed by atoms with Gasteiger partial charge in [0.15, 0.2) is 0 Å². The largest absolute Gasteiger partial charge is 0.307 e. The van der Waals surface area contributed by atoms with Gasteiger partial charge in [0.2, 0.25) is 0 Å². The third kappa shape index (κ3) is 8.91. The van der Waals surface area contributed by atoms with Crippen molar-refractivity contribution in [1.82, 2.24) is 9.13 Å². The van der Waals surface area contributed by atoms with Crippen molar-refractivity contribution < 1.29 is 0 Å². The van der Waals surface area contributed by atoms with Crippen LogP contribution < -0.4 is 0 Å². The van der Waals surface area contributed by atoms with Crippen LogP contribution in [0.4, 0.5) is 0 Å². The summed E-state index contributed by atoms with van der Waals surface area (Å²) < 4.78 is 4.87. The Balaban J connectivity index is 1.32. The summed E-state index contributed by atoms with van der Waals surface area (Å²) in [6.07, 6.45) is 17.8. The summed E-state index contributed by atoms with van der Waals surface area (Å²) in [6, 6.07) is 57.7. The second-order valence-corrected chi connectivity index (χ2v) is 19.1. The first-order chi connectivity index (χ1) is 32.9. The summed E-state index contributed by atoms with van der Waals surface area (Å²) in [5, 5.41) is 19.8. The molecule has 4 nitrogen and oxygen atoms in total. The van der Waals surface area contributed by atoms with Crippen molar-refractivity contribution in [3.8, 4) is 68.3 Å². The molecule has 336 valence electrons. The van der Waals surface area contributed by atoms with E-state index in [0.717, 1.165) is 56.0 Å². The molecule has 9 rings (SSSR count). The Bertz CT molecular complexity index is 2990. The molecule has 0 N–H and O–H groups in total. The minimum atomic E-state index is -0.0239. The Hall–Kier alpha value is -6.88. The molecular formula is C63H64N4. The lowest BCUT2D eigenvalue weighted by Crippen LogP contribution is -2.25. The first-order valence-electron chi connectivity index (χ1n) is 25.1. The van der Waals surface area contributed by atoms with Crippen LogP contribution >= 0.6 is 0 Å². The van der Waals surface area contributed by atoms with Crippen LogP contribution in [0, 0.1) is 36.5 Å². The van der Waals surface area contributed by atoms with Crippen molar-refractivity contribution in [2.24, 2.45) is 0 Å². The number of nitrogens with zero attached hydrogens (tertiary/aromatic N) is 4. The predicted octanol–water partition coefficient (Wildman–Crippen LogP) is 17.6. The SMILES string of the molecule is CCCCCCCCC1(CCCCCCCC)c2ccccc2-c2cc(-c3c(-c4ccc(C#N)cc4)n(-c4ccc(C)cc4)c4cc(-c5ccc(C#N)cc5)n(-c5ccc(C)cc5)c34)ccc21. The molecular weight excluding hydrogens is 813 g/mol. The average molecular weight is 877 g/mol. The molecule has 0 atom stereocenters. The van der Waals surface area contributed by atoms with Crippen molar-refractivity contribution in [3.63, 3.8) is 0 Å². The van der Waals surface area contributed by atoms with Crippen molar-refractivity contribution >= 4 is 11.0 Å². The molecule has 2 heterocycles. The molecule has 1 aliphatic carbocycles. The van der Waals surface area contributed by atoms with Gasteiger partial charge in [0.25, 0.3) is 0 Å². The van der Waals surface area contributed by atoms with Crippen molar-refractivity contribution in [2.75, 3.05) is 0 Å². The lowest BCUT2D eigenvalue weighted by atomic mass is 9.70. The first kappa shape index (κ1) is 45.3. The Labute approximate surface area is 399 Å². The normalized spacial score (nSPS) is 12.5. The Morgan fingerprint density at radius 3 is 1.52 bits per heavy atom. The summed E-state index contributed by atoms with van der Waals surface area (Å²) in [7, 11) is 0. The van der Waals surface area contributed by atoms with Gasteiger partial charge in [-0.1, -0.05) is 187 Å². The van der Waals surface area contributed by atoms with Gasteiger partial charge in [0, 0.05) is 22.4 Å². The lowest BCUT2D eigenvalue weighted by molar-refractivity contribution is 0.398. The fourth-order valence-corrected chi connectivity index (χ4v) is 11.1. The molecule has 0 saturated carbocycles. The highest BCUT2D eigenvalue weighted by atomic mass is 15.1. The third-order valence-electron chi connectivity index (χ3n) is 14.6. The van der Waals surface area contributed by atoms with E-state index in [4.69, 9.17) is 0 Å². The molecule has 0 amide bonds. The fraction of sp³-hybridized carbons (Fsp3) is 0.302. The molecule has 0 bridgehead atoms. The van der Waals surface area contributed by atoms with Crippen LogP contribution in [-0.4, -0.2) is 9.13 Å². The molecule has 0 radical (unpaired) electrons. The second kappa shape index (κ2) is 20.3. The molecule has 67 heavy (non-hydrogen) atoms. The minimum Gasteiger partial charge on any atom is -0.307 e. The van der Waals surface area contributed by atoms with E-state index in [9.17, 15) is 10.5 Å². The van der Waals surface area contributed by atoms with Crippen LogP contribution in [0.15, 0.2) is 146 Å². The van der Waals surface area contributed by atoms with Crippen molar-refractivity contribution in [2.45, 2.75) is 123 Å². The summed E-state index contributed by atoms with van der Waals surface area (Å²) in [5.74, 6) is 0. The van der Waals surface area contributed by atoms with E-state index in [1.54, 1.807) is 0 Å². The van der Waals surface area contributed by atoms with Gasteiger partial charge in [-0.25, -0.2) is 0 Å². The molecule has 0 fully saturated rings. The predicted molar refractivity (Wildman–Crippen MR) is 280 cm³/mol. The maximum atomic E-state index is 9.97. The summed E-state index contributed by atoms with van der Waals surface area (Å²) in [4.78, 5) is 0. The number of aryl methyl sites for hydroxylation is 2. The zero-order chi connectivity index (χ0) is 46.3. The number of hydrogen-bond donors (Lipinski definition) is 0. The Kier molecular flexibility index (Phi) is 13.7. The molecule has 0 spiro atoms. The van der Waals surface area contributed by atoms with E-state index in [2.05, 4.69) is 170 Å². The molecule has 1 aliphatic rings. The smallest absolute Gasteiger partial charge is 0.0991 e. The van der Waals surface area contributed by atoms with Gasteiger partial charge in [-0.3, -0.25) is 0 Å². The Morgan fingerprint density at radius 2 is 0.955 bits per heavy atom. The number of benzene rings is 6. The van der Waals surface area contributed by atoms with Crippen LogP contribution in [-0.2, 0) is 5.41 Å². The molecule has 2 aromatic heterocycles. The number of fused-ring (bicyclic) bond motifs is 4. The topological polar surface area (TPSA) is 57.4 Å². The summed E-state index contributed by atoms with van der Waals surface area (Å²) >= 11 is 0. The van der Waals surface area contributed by atoms with Gasteiger partial charge in [0.1, 0.15) is 0 Å². The van der Waals surface area contributed by atoms with Crippen LogP contribution in [0.3, 0.4) is 0 Å². The number of unbranched alkanes of at least 4 members (excludes halogenated alkanes) is 10. The van der Waals surface area contributed by atoms with Gasteiger partial charge >= 0.3 is 0 Å². The molecule has 0 aliphatic heterocycles. The molecule has 0 unspecified atom stereocenters. The van der Waals surface area contributed by atoms with E-state index in [0.29, 0.717) is 11.1 Å². The van der Waals surface area contributed by atoms with Crippen molar-refractivity contribution in [3.05, 3.63) is 179 Å². The van der Waals surface area contributed by atoms with E-state index in [-0.39, 0.29) is 5.41 Å². The molecule has 0 saturated heterocycles. The minimum absolute atomic E-state index is 0.0239. The third-order valence-corrected chi connectivity index (χ3v) is 14.6.